The number of rotatable bonds is 10. The van der Waals surface area contributed by atoms with Gasteiger partial charge in [0.2, 0.25) is 0 Å². The van der Waals surface area contributed by atoms with Gasteiger partial charge >= 0.3 is 12.6 Å². The Morgan fingerprint density at radius 2 is 2.00 bits per heavy atom. The zero-order chi connectivity index (χ0) is 30.0. The minimum atomic E-state index is -2.91. The highest BCUT2D eigenvalue weighted by Gasteiger charge is 2.42. The van der Waals surface area contributed by atoms with Crippen molar-refractivity contribution >= 4 is 12.0 Å². The summed E-state index contributed by atoms with van der Waals surface area (Å²) in [6.07, 6.45) is 4.77. The zero-order valence-corrected chi connectivity index (χ0v) is 23.7. The van der Waals surface area contributed by atoms with E-state index < -0.39 is 24.5 Å². The smallest absolute Gasteiger partial charge is 0.345 e. The first-order chi connectivity index (χ1) is 20.0. The van der Waals surface area contributed by atoms with Crippen molar-refractivity contribution in [1.82, 2.24) is 14.5 Å². The van der Waals surface area contributed by atoms with Crippen LogP contribution < -0.4 is 9.47 Å². The number of imidazole rings is 1. The molecule has 8 nitrogen and oxygen atoms in total. The fourth-order valence-corrected chi connectivity index (χ4v) is 5.70. The van der Waals surface area contributed by atoms with E-state index in [0.717, 1.165) is 43.1 Å². The van der Waals surface area contributed by atoms with Gasteiger partial charge in [-0.25, -0.2) is 14.2 Å². The molecule has 3 heterocycles. The van der Waals surface area contributed by atoms with Gasteiger partial charge in [-0.15, -0.1) is 0 Å². The molecule has 0 unspecified atom stereocenters. The topological polar surface area (TPSA) is 86.1 Å². The average molecular weight is 586 g/mol. The zero-order valence-electron chi connectivity index (χ0n) is 23.7. The van der Waals surface area contributed by atoms with Gasteiger partial charge in [0.1, 0.15) is 11.6 Å². The Bertz CT molecular complexity index is 1470. The summed E-state index contributed by atoms with van der Waals surface area (Å²) >= 11 is 0. The first-order valence-electron chi connectivity index (χ1n) is 13.9. The normalized spacial score (nSPS) is 20.1. The summed E-state index contributed by atoms with van der Waals surface area (Å²) in [4.78, 5) is 17.7. The number of halogens is 3. The van der Waals surface area contributed by atoms with Crippen molar-refractivity contribution in [2.24, 2.45) is 0 Å². The van der Waals surface area contributed by atoms with E-state index in [2.05, 4.69) is 14.6 Å². The lowest BCUT2D eigenvalue weighted by Crippen LogP contribution is -2.34. The maximum absolute atomic E-state index is 14.8. The predicted octanol–water partition coefficient (Wildman–Crippen LogP) is 6.08. The van der Waals surface area contributed by atoms with E-state index >= 15 is 0 Å². The van der Waals surface area contributed by atoms with Crippen LogP contribution in [0.3, 0.4) is 0 Å². The molecule has 2 aliphatic rings. The fraction of sp³-hybridized carbons (Fsp3) is 0.419. The molecule has 2 aliphatic heterocycles. The van der Waals surface area contributed by atoms with Gasteiger partial charge in [0.25, 0.3) is 5.79 Å². The molecule has 1 N–H and O–H groups in total. The van der Waals surface area contributed by atoms with Gasteiger partial charge in [-0.2, -0.15) is 8.78 Å². The molecule has 2 aromatic carbocycles. The number of carboxylic acids is 1. The number of alkyl halides is 2. The van der Waals surface area contributed by atoms with E-state index in [1.807, 2.05) is 31.2 Å². The molecule has 0 bridgehead atoms. The Hall–Kier alpha value is -3.83. The third kappa shape index (κ3) is 6.47. The van der Waals surface area contributed by atoms with Crippen molar-refractivity contribution < 1.29 is 37.3 Å². The minimum Gasteiger partial charge on any atom is -0.478 e. The Kier molecular flexibility index (Phi) is 8.60. The van der Waals surface area contributed by atoms with E-state index in [1.165, 1.54) is 25.3 Å². The van der Waals surface area contributed by atoms with Crippen LogP contribution in [0, 0.1) is 12.7 Å². The Balaban J connectivity index is 1.28. The van der Waals surface area contributed by atoms with E-state index in [4.69, 9.17) is 14.6 Å². The molecule has 0 radical (unpaired) electrons. The second-order valence-corrected chi connectivity index (χ2v) is 10.9. The van der Waals surface area contributed by atoms with Crippen molar-refractivity contribution in [1.29, 1.82) is 0 Å². The number of aliphatic carboxylic acids is 1. The van der Waals surface area contributed by atoms with Crippen molar-refractivity contribution in [2.45, 2.75) is 71.1 Å². The number of aryl methyl sites for hydroxylation is 1. The number of hydrogen-bond acceptors (Lipinski definition) is 6. The molecule has 3 aromatic rings. The number of carbonyl (C=O) groups is 1. The summed E-state index contributed by atoms with van der Waals surface area (Å²) < 4.78 is 59.2. The lowest BCUT2D eigenvalue weighted by molar-refractivity contribution is -0.160. The molecule has 42 heavy (non-hydrogen) atoms. The fourth-order valence-electron chi connectivity index (χ4n) is 5.70. The molecule has 0 spiro atoms. The van der Waals surface area contributed by atoms with Gasteiger partial charge in [-0.3, -0.25) is 4.90 Å². The number of nitrogens with zero attached hydrogens (tertiary/aromatic N) is 3. The standard InChI is InChI=1S/C31H34F3N3O5/c1-19-7-9-24(25(32)15-19)31(3)41-26-6-4-5-23(29(26)42-31)21-11-13-36(14-12-21)18-27-35-16-22(8-10-28(38)39)37(27)17-20(2)40-30(33)34/h4-10,15-16,20-21,30H,11-14,17-18H2,1-3H3,(H,38,39)/b10-8+/t20-,31+/m1/s1. The third-order valence-corrected chi connectivity index (χ3v) is 7.76. The van der Waals surface area contributed by atoms with Gasteiger partial charge in [0.15, 0.2) is 11.5 Å². The number of hydrogen-bond donors (Lipinski definition) is 1. The van der Waals surface area contributed by atoms with E-state index in [0.29, 0.717) is 35.1 Å². The summed E-state index contributed by atoms with van der Waals surface area (Å²) in [5.74, 6) is -0.718. The SMILES string of the molecule is Cc1ccc([C@@]2(C)Oc3cccc(C4CCN(Cc5ncc(/C=C/C(=O)O)n5C[C@@H](C)OC(F)F)CC4)c3O2)c(F)c1. The Morgan fingerprint density at radius 1 is 1.24 bits per heavy atom. The number of benzene rings is 2. The lowest BCUT2D eigenvalue weighted by Gasteiger charge is -2.32. The highest BCUT2D eigenvalue weighted by atomic mass is 19.3. The largest absolute Gasteiger partial charge is 0.478 e. The maximum atomic E-state index is 14.8. The highest BCUT2D eigenvalue weighted by molar-refractivity contribution is 5.84. The number of fused-ring (bicyclic) bond motifs is 1. The maximum Gasteiger partial charge on any atom is 0.345 e. The molecule has 2 atom stereocenters. The summed E-state index contributed by atoms with van der Waals surface area (Å²) in [7, 11) is 0. The number of aromatic nitrogens is 2. The number of likely N-dealkylation sites (tertiary alicyclic amines) is 1. The molecule has 1 saturated heterocycles. The first kappa shape index (κ1) is 29.7. The van der Waals surface area contributed by atoms with Crippen LogP contribution in [0.1, 0.15) is 60.8 Å². The molecular formula is C31H34F3N3O5. The highest BCUT2D eigenvalue weighted by Crippen LogP contribution is 2.49. The van der Waals surface area contributed by atoms with Crippen molar-refractivity contribution in [3.8, 4) is 11.5 Å². The van der Waals surface area contributed by atoms with Crippen LogP contribution in [0.2, 0.25) is 0 Å². The van der Waals surface area contributed by atoms with Gasteiger partial charge in [-0.05, 0) is 75.5 Å². The molecule has 5 rings (SSSR count). The van der Waals surface area contributed by atoms with Crippen molar-refractivity contribution in [3.05, 3.63) is 82.7 Å². The van der Waals surface area contributed by atoms with Crippen LogP contribution in [0.15, 0.2) is 48.7 Å². The average Bonchev–Trinajstić information content (AvgIpc) is 3.47. The molecule has 0 aliphatic carbocycles. The quantitative estimate of drug-likeness (QED) is 0.289. The summed E-state index contributed by atoms with van der Waals surface area (Å²) in [6, 6.07) is 10.8. The van der Waals surface area contributed by atoms with Crippen molar-refractivity contribution in [2.75, 3.05) is 13.1 Å². The molecule has 11 heteroatoms. The number of piperidine rings is 1. The van der Waals surface area contributed by atoms with Crippen molar-refractivity contribution in [3.63, 3.8) is 0 Å². The first-order valence-corrected chi connectivity index (χ1v) is 13.9. The number of carboxylic acid groups (broad SMARTS) is 1. The Morgan fingerprint density at radius 3 is 2.69 bits per heavy atom. The monoisotopic (exact) mass is 585 g/mol. The van der Waals surface area contributed by atoms with E-state index in [1.54, 1.807) is 17.6 Å². The van der Waals surface area contributed by atoms with E-state index in [9.17, 15) is 18.0 Å². The molecule has 0 saturated carbocycles. The number of ether oxygens (including phenoxy) is 3. The van der Waals surface area contributed by atoms with Gasteiger partial charge < -0.3 is 23.9 Å². The van der Waals surface area contributed by atoms with Crippen LogP contribution in [0.4, 0.5) is 13.2 Å². The summed E-state index contributed by atoms with van der Waals surface area (Å²) in [5.41, 5.74) is 2.67. The molecular weight excluding hydrogens is 551 g/mol. The second-order valence-electron chi connectivity index (χ2n) is 10.9. The molecule has 1 aromatic heterocycles. The van der Waals surface area contributed by atoms with Crippen LogP contribution in [0.25, 0.3) is 6.08 Å². The second kappa shape index (κ2) is 12.2. The lowest BCUT2D eigenvalue weighted by atomic mass is 9.88. The van der Waals surface area contributed by atoms with Gasteiger partial charge in [0, 0.05) is 18.6 Å². The van der Waals surface area contributed by atoms with Gasteiger partial charge in [-0.1, -0.05) is 18.2 Å². The van der Waals surface area contributed by atoms with Crippen LogP contribution >= 0.6 is 0 Å². The predicted molar refractivity (Wildman–Crippen MR) is 149 cm³/mol. The number of para-hydroxylation sites is 1. The minimum absolute atomic E-state index is 0.100. The molecule has 0 amide bonds. The molecule has 1 fully saturated rings. The van der Waals surface area contributed by atoms with Gasteiger partial charge in [0.05, 0.1) is 36.6 Å². The van der Waals surface area contributed by atoms with Crippen LogP contribution in [-0.4, -0.2) is 51.3 Å². The van der Waals surface area contributed by atoms with Crippen LogP contribution in [0.5, 0.6) is 11.5 Å². The molecule has 224 valence electrons. The van der Waals surface area contributed by atoms with E-state index in [-0.39, 0.29) is 18.3 Å². The van der Waals surface area contributed by atoms with Crippen LogP contribution in [-0.2, 0) is 28.4 Å². The Labute approximate surface area is 242 Å². The summed E-state index contributed by atoms with van der Waals surface area (Å²) in [5, 5.41) is 9.04. The summed E-state index contributed by atoms with van der Waals surface area (Å²) in [6.45, 7) is 4.24. The third-order valence-electron chi connectivity index (χ3n) is 7.76.